The zero-order valence-corrected chi connectivity index (χ0v) is 19.4. The van der Waals surface area contributed by atoms with E-state index in [0.29, 0.717) is 24.5 Å². The molecule has 184 valence electrons. The molecule has 8 heteroatoms. The van der Waals surface area contributed by atoms with Crippen LogP contribution in [0.3, 0.4) is 0 Å². The third-order valence-corrected chi connectivity index (χ3v) is 7.65. The minimum absolute atomic E-state index is 0.0253. The maximum absolute atomic E-state index is 13.7. The van der Waals surface area contributed by atoms with Crippen molar-refractivity contribution in [2.75, 3.05) is 26.3 Å². The van der Waals surface area contributed by atoms with Crippen LogP contribution < -0.4 is 10.1 Å². The SMILES string of the molecule is O=C(NCCO)C1=CC(N(CC2CCCO2)C(=O)C2CCCC2)C(O)C2Oc3ccccc3C12. The minimum Gasteiger partial charge on any atom is -0.486 e. The summed E-state index contributed by atoms with van der Waals surface area (Å²) < 4.78 is 12.0. The van der Waals surface area contributed by atoms with Crippen LogP contribution in [-0.4, -0.2) is 77.6 Å². The number of amides is 2. The molecule has 8 nitrogen and oxygen atoms in total. The Labute approximate surface area is 199 Å². The molecule has 1 saturated heterocycles. The highest BCUT2D eigenvalue weighted by atomic mass is 16.5. The first-order valence-electron chi connectivity index (χ1n) is 12.5. The van der Waals surface area contributed by atoms with E-state index in [9.17, 15) is 19.8 Å². The van der Waals surface area contributed by atoms with E-state index in [1.807, 2.05) is 24.3 Å². The molecule has 4 aliphatic rings. The smallest absolute Gasteiger partial charge is 0.247 e. The predicted molar refractivity (Wildman–Crippen MR) is 124 cm³/mol. The van der Waals surface area contributed by atoms with Gasteiger partial charge >= 0.3 is 0 Å². The van der Waals surface area contributed by atoms with Gasteiger partial charge in [0.05, 0.1) is 24.7 Å². The maximum atomic E-state index is 13.7. The summed E-state index contributed by atoms with van der Waals surface area (Å²) in [6.45, 7) is 1.03. The van der Waals surface area contributed by atoms with Gasteiger partial charge in [-0.15, -0.1) is 0 Å². The number of hydrogen-bond donors (Lipinski definition) is 3. The Bertz CT molecular complexity index is 937. The van der Waals surface area contributed by atoms with Gasteiger partial charge in [0.2, 0.25) is 11.8 Å². The van der Waals surface area contributed by atoms with Crippen molar-refractivity contribution in [1.82, 2.24) is 10.2 Å². The molecule has 0 spiro atoms. The molecule has 5 rings (SSSR count). The van der Waals surface area contributed by atoms with Crippen LogP contribution >= 0.6 is 0 Å². The van der Waals surface area contributed by atoms with Crippen molar-refractivity contribution in [1.29, 1.82) is 0 Å². The van der Waals surface area contributed by atoms with E-state index in [1.54, 1.807) is 11.0 Å². The highest BCUT2D eigenvalue weighted by molar-refractivity contribution is 5.96. The number of carbonyl (C=O) groups excluding carboxylic acids is 2. The van der Waals surface area contributed by atoms with Gasteiger partial charge in [-0.25, -0.2) is 0 Å². The van der Waals surface area contributed by atoms with Gasteiger partial charge in [0.25, 0.3) is 0 Å². The van der Waals surface area contributed by atoms with Gasteiger partial charge in [-0.05, 0) is 37.8 Å². The Morgan fingerprint density at radius 3 is 2.65 bits per heavy atom. The van der Waals surface area contributed by atoms with E-state index in [0.717, 1.165) is 44.1 Å². The molecule has 1 aromatic rings. The van der Waals surface area contributed by atoms with Crippen LogP contribution in [-0.2, 0) is 14.3 Å². The summed E-state index contributed by atoms with van der Waals surface area (Å²) in [6, 6.07) is 6.81. The Morgan fingerprint density at radius 1 is 1.12 bits per heavy atom. The number of hydrogen-bond acceptors (Lipinski definition) is 6. The second-order valence-electron chi connectivity index (χ2n) is 9.79. The minimum atomic E-state index is -0.987. The van der Waals surface area contributed by atoms with Crippen LogP contribution in [0.2, 0.25) is 0 Å². The van der Waals surface area contributed by atoms with Gasteiger partial charge in [0.1, 0.15) is 18.0 Å². The number of aliphatic hydroxyl groups is 2. The molecular formula is C26H34N2O6. The molecule has 0 radical (unpaired) electrons. The van der Waals surface area contributed by atoms with Crippen molar-refractivity contribution in [3.05, 3.63) is 41.5 Å². The van der Waals surface area contributed by atoms with Crippen LogP contribution in [0, 0.1) is 5.92 Å². The molecule has 1 aromatic carbocycles. The van der Waals surface area contributed by atoms with E-state index in [2.05, 4.69) is 5.32 Å². The lowest BCUT2D eigenvalue weighted by atomic mass is 9.77. The van der Waals surface area contributed by atoms with Crippen LogP contribution in [0.1, 0.15) is 50.0 Å². The normalized spacial score (nSPS) is 30.3. The molecule has 0 bridgehead atoms. The first-order valence-corrected chi connectivity index (χ1v) is 12.5. The van der Waals surface area contributed by atoms with Gasteiger partial charge in [-0.3, -0.25) is 9.59 Å². The molecule has 1 saturated carbocycles. The Balaban J connectivity index is 1.51. The van der Waals surface area contributed by atoms with Crippen molar-refractivity contribution >= 4 is 11.8 Å². The van der Waals surface area contributed by atoms with Crippen molar-refractivity contribution in [3.8, 4) is 5.75 Å². The van der Waals surface area contributed by atoms with Gasteiger partial charge in [0, 0.05) is 36.8 Å². The fourth-order valence-corrected chi connectivity index (χ4v) is 5.96. The molecule has 2 fully saturated rings. The summed E-state index contributed by atoms with van der Waals surface area (Å²) in [5.74, 6) is -0.143. The van der Waals surface area contributed by atoms with E-state index in [4.69, 9.17) is 9.47 Å². The fourth-order valence-electron chi connectivity index (χ4n) is 5.96. The lowest BCUT2D eigenvalue weighted by molar-refractivity contribution is -0.143. The Hall–Kier alpha value is -2.42. The van der Waals surface area contributed by atoms with Gasteiger partial charge < -0.3 is 29.9 Å². The Morgan fingerprint density at radius 2 is 1.91 bits per heavy atom. The molecule has 2 aliphatic carbocycles. The lowest BCUT2D eigenvalue weighted by Crippen LogP contribution is -2.58. The van der Waals surface area contributed by atoms with Crippen LogP contribution in [0.15, 0.2) is 35.9 Å². The summed E-state index contributed by atoms with van der Waals surface area (Å²) in [4.78, 5) is 28.6. The molecule has 0 aromatic heterocycles. The van der Waals surface area contributed by atoms with E-state index >= 15 is 0 Å². The highest BCUT2D eigenvalue weighted by Gasteiger charge is 2.51. The Kier molecular flexibility index (Phi) is 6.90. The van der Waals surface area contributed by atoms with Crippen LogP contribution in [0.25, 0.3) is 0 Å². The monoisotopic (exact) mass is 470 g/mol. The average Bonchev–Trinajstić information content (AvgIpc) is 3.62. The third-order valence-electron chi connectivity index (χ3n) is 7.65. The molecular weight excluding hydrogens is 436 g/mol. The molecule has 5 unspecified atom stereocenters. The number of para-hydroxylation sites is 1. The summed E-state index contributed by atoms with van der Waals surface area (Å²) in [5.41, 5.74) is 1.32. The summed E-state index contributed by atoms with van der Waals surface area (Å²) in [5, 5.41) is 23.5. The highest BCUT2D eigenvalue weighted by Crippen LogP contribution is 2.47. The number of nitrogens with one attached hydrogen (secondary N) is 1. The van der Waals surface area contributed by atoms with Crippen molar-refractivity contribution in [2.45, 2.75) is 68.8 Å². The van der Waals surface area contributed by atoms with Crippen molar-refractivity contribution < 1.29 is 29.3 Å². The number of benzene rings is 1. The zero-order chi connectivity index (χ0) is 23.7. The zero-order valence-electron chi connectivity index (χ0n) is 19.4. The summed E-state index contributed by atoms with van der Waals surface area (Å²) in [6.07, 6.45) is 5.62. The number of carbonyl (C=O) groups is 2. The molecule has 2 amide bonds. The van der Waals surface area contributed by atoms with Crippen LogP contribution in [0.5, 0.6) is 5.75 Å². The molecule has 2 aliphatic heterocycles. The number of ether oxygens (including phenoxy) is 2. The molecule has 2 heterocycles. The van der Waals surface area contributed by atoms with Crippen LogP contribution in [0.4, 0.5) is 0 Å². The second-order valence-corrected chi connectivity index (χ2v) is 9.79. The van der Waals surface area contributed by atoms with E-state index in [-0.39, 0.29) is 37.0 Å². The largest absolute Gasteiger partial charge is 0.486 e. The topological polar surface area (TPSA) is 108 Å². The fraction of sp³-hybridized carbons (Fsp3) is 0.615. The molecule has 34 heavy (non-hydrogen) atoms. The third kappa shape index (κ3) is 4.34. The predicted octanol–water partition coefficient (Wildman–Crippen LogP) is 1.51. The quantitative estimate of drug-likeness (QED) is 0.558. The first kappa shape index (κ1) is 23.3. The summed E-state index contributed by atoms with van der Waals surface area (Å²) >= 11 is 0. The number of nitrogens with zero attached hydrogens (tertiary/aromatic N) is 1. The standard InChI is InChI=1S/C26H34N2O6/c29-12-11-27-25(31)19-14-20(23(30)24-22(19)18-9-3-4-10-21(18)34-24)28(15-17-8-5-13-33-17)26(32)16-6-1-2-7-16/h3-4,9-10,14,16-17,20,22-24,29-30H,1-2,5-8,11-13,15H2,(H,27,31). The number of rotatable bonds is 7. The van der Waals surface area contributed by atoms with Gasteiger partial charge in [-0.1, -0.05) is 31.0 Å². The average molecular weight is 471 g/mol. The van der Waals surface area contributed by atoms with Gasteiger partial charge in [-0.2, -0.15) is 0 Å². The number of aliphatic hydroxyl groups excluding tert-OH is 2. The van der Waals surface area contributed by atoms with Crippen molar-refractivity contribution in [3.63, 3.8) is 0 Å². The van der Waals surface area contributed by atoms with E-state index < -0.39 is 24.2 Å². The lowest BCUT2D eigenvalue weighted by Gasteiger charge is -2.42. The molecule has 3 N–H and O–H groups in total. The molecule has 5 atom stereocenters. The van der Waals surface area contributed by atoms with Crippen molar-refractivity contribution in [2.24, 2.45) is 5.92 Å². The first-order chi connectivity index (χ1) is 16.6. The van der Waals surface area contributed by atoms with Gasteiger partial charge in [0.15, 0.2) is 0 Å². The maximum Gasteiger partial charge on any atom is 0.247 e. The number of fused-ring (bicyclic) bond motifs is 3. The van der Waals surface area contributed by atoms with E-state index in [1.165, 1.54) is 0 Å². The second kappa shape index (κ2) is 10.1. The summed E-state index contributed by atoms with van der Waals surface area (Å²) in [7, 11) is 0.